The number of carbonyl (C=O) groups is 2. The first-order chi connectivity index (χ1) is 13.0. The van der Waals surface area contributed by atoms with E-state index in [2.05, 4.69) is 20.7 Å². The number of rotatable bonds is 5. The summed E-state index contributed by atoms with van der Waals surface area (Å²) in [6.07, 6.45) is 2.63. The van der Waals surface area contributed by atoms with Gasteiger partial charge in [0.2, 0.25) is 11.8 Å². The third-order valence-electron chi connectivity index (χ3n) is 4.61. The molecule has 7 nitrogen and oxygen atoms in total. The van der Waals surface area contributed by atoms with Crippen molar-refractivity contribution < 1.29 is 9.59 Å². The first kappa shape index (κ1) is 17.4. The van der Waals surface area contributed by atoms with Crippen molar-refractivity contribution in [3.05, 3.63) is 47.1 Å². The summed E-state index contributed by atoms with van der Waals surface area (Å²) in [5.41, 5.74) is 4.44. The number of benzene rings is 1. The van der Waals surface area contributed by atoms with Crippen LogP contribution in [0.15, 0.2) is 35.8 Å². The Morgan fingerprint density at radius 1 is 1.37 bits per heavy atom. The maximum atomic E-state index is 12.3. The fourth-order valence-electron chi connectivity index (χ4n) is 3.33. The van der Waals surface area contributed by atoms with E-state index in [1.54, 1.807) is 4.68 Å². The van der Waals surface area contributed by atoms with E-state index in [0.717, 1.165) is 28.2 Å². The van der Waals surface area contributed by atoms with E-state index < -0.39 is 0 Å². The number of thiazole rings is 1. The molecule has 0 saturated carbocycles. The lowest BCUT2D eigenvalue weighted by atomic mass is 9.95. The fourth-order valence-corrected chi connectivity index (χ4v) is 4.05. The molecule has 27 heavy (non-hydrogen) atoms. The van der Waals surface area contributed by atoms with Gasteiger partial charge < -0.3 is 10.6 Å². The van der Waals surface area contributed by atoms with E-state index in [9.17, 15) is 9.59 Å². The summed E-state index contributed by atoms with van der Waals surface area (Å²) >= 11 is 1.38. The van der Waals surface area contributed by atoms with Gasteiger partial charge in [-0.05, 0) is 25.0 Å². The van der Waals surface area contributed by atoms with Gasteiger partial charge in [0.25, 0.3) is 0 Å². The molecular weight excluding hydrogens is 362 g/mol. The van der Waals surface area contributed by atoms with Crippen molar-refractivity contribution in [1.82, 2.24) is 14.8 Å². The second kappa shape index (κ2) is 6.96. The minimum absolute atomic E-state index is 0.0485. The minimum atomic E-state index is -0.281. The number of anilines is 2. The maximum Gasteiger partial charge on any atom is 0.232 e. The van der Waals surface area contributed by atoms with Crippen molar-refractivity contribution in [3.63, 3.8) is 0 Å². The molecule has 0 aliphatic carbocycles. The van der Waals surface area contributed by atoms with Crippen molar-refractivity contribution >= 4 is 34.0 Å². The molecule has 1 unspecified atom stereocenters. The molecule has 4 rings (SSSR count). The van der Waals surface area contributed by atoms with Crippen LogP contribution >= 0.6 is 11.3 Å². The summed E-state index contributed by atoms with van der Waals surface area (Å²) in [6.45, 7) is 1.93. The van der Waals surface area contributed by atoms with Crippen molar-refractivity contribution in [1.29, 1.82) is 0 Å². The number of hydrogen-bond donors (Lipinski definition) is 2. The second-order valence-electron chi connectivity index (χ2n) is 6.56. The Kier molecular flexibility index (Phi) is 4.49. The van der Waals surface area contributed by atoms with Gasteiger partial charge in [-0.2, -0.15) is 5.10 Å². The summed E-state index contributed by atoms with van der Waals surface area (Å²) in [7, 11) is 1.86. The number of amides is 2. The van der Waals surface area contributed by atoms with Gasteiger partial charge in [-0.3, -0.25) is 14.3 Å². The van der Waals surface area contributed by atoms with Gasteiger partial charge in [-0.15, -0.1) is 11.3 Å². The topological polar surface area (TPSA) is 88.9 Å². The van der Waals surface area contributed by atoms with Crippen LogP contribution < -0.4 is 10.6 Å². The zero-order valence-corrected chi connectivity index (χ0v) is 15.8. The van der Waals surface area contributed by atoms with Crippen LogP contribution in [-0.4, -0.2) is 26.6 Å². The molecular formula is C19H19N5O2S. The Bertz CT molecular complexity index is 1020. The van der Waals surface area contributed by atoms with Crippen molar-refractivity contribution in [3.8, 4) is 11.3 Å². The Labute approximate surface area is 160 Å². The molecule has 0 bridgehead atoms. The number of hydrogen-bond acceptors (Lipinski definition) is 5. The largest absolute Gasteiger partial charge is 0.325 e. The van der Waals surface area contributed by atoms with Crippen molar-refractivity contribution in [2.24, 2.45) is 7.05 Å². The SMILES string of the molecule is Cc1nn(C)cc1-c1csc(NC(=O)CCC2C(=O)Nc3ccccc32)n1. The monoisotopic (exact) mass is 381 g/mol. The zero-order chi connectivity index (χ0) is 19.0. The number of aryl methyl sites for hydroxylation is 2. The number of nitrogens with one attached hydrogen (secondary N) is 2. The second-order valence-corrected chi connectivity index (χ2v) is 7.41. The van der Waals surface area contributed by atoms with Crippen LogP contribution in [0.2, 0.25) is 0 Å². The maximum absolute atomic E-state index is 12.3. The van der Waals surface area contributed by atoms with Crippen LogP contribution in [0.1, 0.15) is 30.0 Å². The van der Waals surface area contributed by atoms with Crippen molar-refractivity contribution in [2.75, 3.05) is 10.6 Å². The van der Waals surface area contributed by atoms with E-state index in [1.165, 1.54) is 11.3 Å². The molecule has 0 fully saturated rings. The highest BCUT2D eigenvalue weighted by atomic mass is 32.1. The first-order valence-electron chi connectivity index (χ1n) is 8.67. The van der Waals surface area contributed by atoms with Gasteiger partial charge >= 0.3 is 0 Å². The first-order valence-corrected chi connectivity index (χ1v) is 9.55. The lowest BCUT2D eigenvalue weighted by molar-refractivity contribution is -0.118. The van der Waals surface area contributed by atoms with Gasteiger partial charge in [0.15, 0.2) is 5.13 Å². The van der Waals surface area contributed by atoms with Crippen LogP contribution in [0.25, 0.3) is 11.3 Å². The number of fused-ring (bicyclic) bond motifs is 1. The van der Waals surface area contributed by atoms with Crippen LogP contribution in [0, 0.1) is 6.92 Å². The highest BCUT2D eigenvalue weighted by molar-refractivity contribution is 7.14. The molecule has 1 atom stereocenters. The molecule has 0 spiro atoms. The molecule has 8 heteroatoms. The van der Waals surface area contributed by atoms with Gasteiger partial charge in [0.1, 0.15) is 0 Å². The molecule has 1 aliphatic heterocycles. The summed E-state index contributed by atoms with van der Waals surface area (Å²) in [5.74, 6) is -0.472. The molecule has 3 heterocycles. The van der Waals surface area contributed by atoms with E-state index in [4.69, 9.17) is 0 Å². The Balaban J connectivity index is 1.38. The smallest absolute Gasteiger partial charge is 0.232 e. The Morgan fingerprint density at radius 3 is 2.96 bits per heavy atom. The third kappa shape index (κ3) is 3.48. The lowest BCUT2D eigenvalue weighted by Crippen LogP contribution is -2.16. The zero-order valence-electron chi connectivity index (χ0n) is 15.0. The van der Waals surface area contributed by atoms with E-state index in [1.807, 2.05) is 49.8 Å². The van der Waals surface area contributed by atoms with E-state index in [-0.39, 0.29) is 24.2 Å². The fraction of sp³-hybridized carbons (Fsp3) is 0.263. The van der Waals surface area contributed by atoms with Gasteiger partial charge in [-0.1, -0.05) is 18.2 Å². The summed E-state index contributed by atoms with van der Waals surface area (Å²) < 4.78 is 1.74. The molecule has 138 valence electrons. The number of nitrogens with zero attached hydrogens (tertiary/aromatic N) is 3. The van der Waals surface area contributed by atoms with Gasteiger partial charge in [-0.25, -0.2) is 4.98 Å². The molecule has 2 N–H and O–H groups in total. The predicted octanol–water partition coefficient (Wildman–Crippen LogP) is 3.31. The number of carbonyl (C=O) groups excluding carboxylic acids is 2. The lowest BCUT2D eigenvalue weighted by Gasteiger charge is -2.08. The standard InChI is InChI=1S/C19H19N5O2S/c1-11-14(9-24(2)23-11)16-10-27-19(21-16)22-17(25)8-7-13-12-5-3-4-6-15(12)20-18(13)26/h3-6,9-10,13H,7-8H2,1-2H3,(H,20,26)(H,21,22,25). The summed E-state index contributed by atoms with van der Waals surface area (Å²) in [5, 5.41) is 12.5. The summed E-state index contributed by atoms with van der Waals surface area (Å²) in [4.78, 5) is 28.9. The number of para-hydroxylation sites is 1. The van der Waals surface area contributed by atoms with Crippen LogP contribution in [0.4, 0.5) is 10.8 Å². The molecule has 1 aromatic carbocycles. The van der Waals surface area contributed by atoms with E-state index in [0.29, 0.717) is 11.6 Å². The molecule has 3 aromatic rings. The molecule has 1 aliphatic rings. The van der Waals surface area contributed by atoms with Gasteiger partial charge in [0, 0.05) is 36.3 Å². The molecule has 2 amide bonds. The van der Waals surface area contributed by atoms with Crippen LogP contribution in [0.3, 0.4) is 0 Å². The number of aromatic nitrogens is 3. The Morgan fingerprint density at radius 2 is 2.19 bits per heavy atom. The average molecular weight is 381 g/mol. The normalized spacial score (nSPS) is 15.5. The van der Waals surface area contributed by atoms with Gasteiger partial charge in [0.05, 0.1) is 17.3 Å². The van der Waals surface area contributed by atoms with E-state index >= 15 is 0 Å². The van der Waals surface area contributed by atoms with Crippen LogP contribution in [-0.2, 0) is 16.6 Å². The molecule has 0 saturated heterocycles. The molecule has 0 radical (unpaired) electrons. The predicted molar refractivity (Wildman–Crippen MR) is 105 cm³/mol. The Hall–Kier alpha value is -3.00. The minimum Gasteiger partial charge on any atom is -0.325 e. The average Bonchev–Trinajstić information content (AvgIpc) is 3.30. The van der Waals surface area contributed by atoms with Crippen molar-refractivity contribution in [2.45, 2.75) is 25.7 Å². The summed E-state index contributed by atoms with van der Waals surface area (Å²) in [6, 6.07) is 7.60. The van der Waals surface area contributed by atoms with Crippen LogP contribution in [0.5, 0.6) is 0 Å². The highest BCUT2D eigenvalue weighted by Gasteiger charge is 2.30. The quantitative estimate of drug-likeness (QED) is 0.710. The molecule has 2 aromatic heterocycles. The highest BCUT2D eigenvalue weighted by Crippen LogP contribution is 2.35. The third-order valence-corrected chi connectivity index (χ3v) is 5.37.